The van der Waals surface area contributed by atoms with E-state index < -0.39 is 0 Å². The highest BCUT2D eigenvalue weighted by Crippen LogP contribution is 2.37. The fourth-order valence-electron chi connectivity index (χ4n) is 4.19. The zero-order valence-electron chi connectivity index (χ0n) is 14.1. The van der Waals surface area contributed by atoms with Crippen molar-refractivity contribution in [1.82, 2.24) is 0 Å². The Kier molecular flexibility index (Phi) is 3.65. The summed E-state index contributed by atoms with van der Waals surface area (Å²) in [6, 6.07) is 18.0. The highest BCUT2D eigenvalue weighted by Gasteiger charge is 2.29. The lowest BCUT2D eigenvalue weighted by Gasteiger charge is -2.14. The molecule has 0 fully saturated rings. The number of rotatable bonds is 1. The Bertz CT molecular complexity index is 774. The Morgan fingerprint density at radius 3 is 1.91 bits per heavy atom. The summed E-state index contributed by atoms with van der Waals surface area (Å²) in [6.45, 7) is 6.82. The summed E-state index contributed by atoms with van der Waals surface area (Å²) in [6.07, 6.45) is 3.44. The molecule has 1 heteroatoms. The molecular weight excluding hydrogens is 278 g/mol. The third kappa shape index (κ3) is 2.35. The van der Waals surface area contributed by atoms with Crippen LogP contribution >= 0.6 is 0 Å². The van der Waals surface area contributed by atoms with E-state index in [1.807, 2.05) is 0 Å². The Hall–Kier alpha value is -2.15. The van der Waals surface area contributed by atoms with Gasteiger partial charge in [0.25, 0.3) is 0 Å². The second-order valence-electron chi connectivity index (χ2n) is 6.58. The minimum atomic E-state index is 1.10. The van der Waals surface area contributed by atoms with E-state index in [0.717, 1.165) is 32.4 Å². The molecule has 0 saturated carbocycles. The first kappa shape index (κ1) is 14.4. The van der Waals surface area contributed by atoms with Gasteiger partial charge in [-0.05, 0) is 47.6 Å². The van der Waals surface area contributed by atoms with Gasteiger partial charge in [-0.1, -0.05) is 48.5 Å². The first-order chi connectivity index (χ1) is 11.3. The second kappa shape index (κ2) is 5.81. The van der Waals surface area contributed by atoms with Gasteiger partial charge in [0.1, 0.15) is 13.1 Å². The molecule has 0 saturated heterocycles. The van der Waals surface area contributed by atoms with Gasteiger partial charge in [0.05, 0.1) is 0 Å². The predicted molar refractivity (Wildman–Crippen MR) is 97.3 cm³/mol. The van der Waals surface area contributed by atoms with E-state index in [9.17, 15) is 0 Å². The van der Waals surface area contributed by atoms with Crippen LogP contribution in [0.5, 0.6) is 0 Å². The normalized spacial score (nSPS) is 17.1. The van der Waals surface area contributed by atoms with Crippen LogP contribution < -0.4 is 0 Å². The molecule has 0 spiro atoms. The van der Waals surface area contributed by atoms with Crippen LogP contribution in [0.4, 0.5) is 0 Å². The number of benzene rings is 2. The molecule has 1 heterocycles. The second-order valence-corrected chi connectivity index (χ2v) is 6.58. The van der Waals surface area contributed by atoms with Crippen molar-refractivity contribution in [3.05, 3.63) is 76.4 Å². The molecule has 1 aliphatic carbocycles. The Morgan fingerprint density at radius 1 is 0.826 bits per heavy atom. The average Bonchev–Trinajstić information content (AvgIpc) is 2.87. The Morgan fingerprint density at radius 2 is 1.39 bits per heavy atom. The lowest BCUT2D eigenvalue weighted by molar-refractivity contribution is -0.516. The summed E-state index contributed by atoms with van der Waals surface area (Å²) in [4.78, 5) is 0. The van der Waals surface area contributed by atoms with Crippen molar-refractivity contribution in [1.29, 1.82) is 0 Å². The molecule has 0 aromatic heterocycles. The first-order valence-electron chi connectivity index (χ1n) is 8.78. The molecule has 2 aliphatic rings. The van der Waals surface area contributed by atoms with Crippen molar-refractivity contribution in [2.24, 2.45) is 0 Å². The van der Waals surface area contributed by atoms with Crippen LogP contribution in [0.25, 0.3) is 5.57 Å². The molecule has 1 aliphatic heterocycles. The maximum absolute atomic E-state index is 2.51. The molecule has 0 radical (unpaired) electrons. The average molecular weight is 302 g/mol. The minimum absolute atomic E-state index is 1.10. The van der Waals surface area contributed by atoms with Crippen molar-refractivity contribution in [2.45, 2.75) is 33.1 Å². The molecule has 116 valence electrons. The van der Waals surface area contributed by atoms with Gasteiger partial charge < -0.3 is 0 Å². The molecule has 23 heavy (non-hydrogen) atoms. The van der Waals surface area contributed by atoms with E-state index in [2.05, 4.69) is 67.0 Å². The maximum atomic E-state index is 2.51. The third-order valence-corrected chi connectivity index (χ3v) is 5.46. The highest BCUT2D eigenvalue weighted by molar-refractivity contribution is 6.06. The van der Waals surface area contributed by atoms with Gasteiger partial charge in [0, 0.05) is 18.9 Å². The Labute approximate surface area is 139 Å². The van der Waals surface area contributed by atoms with Crippen LogP contribution in [0.15, 0.2) is 54.1 Å². The third-order valence-electron chi connectivity index (χ3n) is 5.46. The molecule has 0 atom stereocenters. The van der Waals surface area contributed by atoms with E-state index in [1.54, 1.807) is 5.57 Å². The highest BCUT2D eigenvalue weighted by atomic mass is 15.0. The summed E-state index contributed by atoms with van der Waals surface area (Å²) in [5.41, 5.74) is 10.4. The molecule has 0 unspecified atom stereocenters. The number of nitrogens with zero attached hydrogens (tertiary/aromatic N) is 1. The summed E-state index contributed by atoms with van der Waals surface area (Å²) >= 11 is 0. The lowest BCUT2D eigenvalue weighted by Crippen LogP contribution is -2.12. The largest absolute Gasteiger partial charge is 0.233 e. The molecule has 4 rings (SSSR count). The van der Waals surface area contributed by atoms with Crippen molar-refractivity contribution in [3.63, 3.8) is 0 Å². The maximum Gasteiger partial charge on any atom is 0.176 e. The van der Waals surface area contributed by atoms with Gasteiger partial charge in [-0.25, -0.2) is 4.58 Å². The van der Waals surface area contributed by atoms with Gasteiger partial charge in [-0.15, -0.1) is 0 Å². The van der Waals surface area contributed by atoms with Crippen molar-refractivity contribution < 1.29 is 4.58 Å². The molecule has 0 N–H and O–H groups in total. The van der Waals surface area contributed by atoms with E-state index in [0.29, 0.717) is 0 Å². The zero-order valence-corrected chi connectivity index (χ0v) is 14.1. The van der Waals surface area contributed by atoms with Crippen molar-refractivity contribution in [3.8, 4) is 0 Å². The van der Waals surface area contributed by atoms with E-state index in [-0.39, 0.29) is 0 Å². The lowest BCUT2D eigenvalue weighted by atomic mass is 9.88. The zero-order chi connectivity index (χ0) is 15.8. The molecule has 1 nitrogen and oxygen atoms in total. The summed E-state index contributed by atoms with van der Waals surface area (Å²) in [5.74, 6) is 0. The molecular formula is C22H24N+. The van der Waals surface area contributed by atoms with Crippen LogP contribution in [0, 0.1) is 0 Å². The SMILES string of the molecule is CC[N+]1=C(C)C(=C2c3ccccc3CCc3ccccc32)CC1. The van der Waals surface area contributed by atoms with Gasteiger partial charge in [-0.3, -0.25) is 0 Å². The van der Waals surface area contributed by atoms with Gasteiger partial charge in [0.2, 0.25) is 0 Å². The smallest absolute Gasteiger partial charge is 0.176 e. The van der Waals surface area contributed by atoms with E-state index in [1.165, 1.54) is 33.5 Å². The summed E-state index contributed by atoms with van der Waals surface area (Å²) < 4.78 is 2.51. The molecule has 2 aromatic carbocycles. The van der Waals surface area contributed by atoms with Crippen LogP contribution in [0.3, 0.4) is 0 Å². The van der Waals surface area contributed by atoms with Crippen LogP contribution in [-0.2, 0) is 12.8 Å². The van der Waals surface area contributed by atoms with Crippen LogP contribution in [-0.4, -0.2) is 23.4 Å². The quantitative estimate of drug-likeness (QED) is 0.683. The number of fused-ring (bicyclic) bond motifs is 2. The molecule has 0 bridgehead atoms. The van der Waals surface area contributed by atoms with Gasteiger partial charge >= 0.3 is 0 Å². The van der Waals surface area contributed by atoms with Crippen LogP contribution in [0.1, 0.15) is 42.5 Å². The topological polar surface area (TPSA) is 3.01 Å². The van der Waals surface area contributed by atoms with E-state index >= 15 is 0 Å². The van der Waals surface area contributed by atoms with Gasteiger partial charge in [0.15, 0.2) is 5.71 Å². The summed E-state index contributed by atoms with van der Waals surface area (Å²) in [7, 11) is 0. The fourth-order valence-corrected chi connectivity index (χ4v) is 4.19. The fraction of sp³-hybridized carbons (Fsp3) is 0.318. The van der Waals surface area contributed by atoms with Gasteiger partial charge in [-0.2, -0.15) is 0 Å². The Balaban J connectivity index is 2.04. The molecule has 0 amide bonds. The summed E-state index contributed by atoms with van der Waals surface area (Å²) in [5, 5.41) is 0. The molecule has 2 aromatic rings. The predicted octanol–water partition coefficient (Wildman–Crippen LogP) is 4.48. The number of aryl methyl sites for hydroxylation is 2. The number of hydrogen-bond acceptors (Lipinski definition) is 0. The first-order valence-corrected chi connectivity index (χ1v) is 8.78. The van der Waals surface area contributed by atoms with E-state index in [4.69, 9.17) is 0 Å². The standard InChI is InChI=1S/C22H24N/c1-3-23-15-14-19(16(23)2)22-20-10-6-4-8-17(20)12-13-18-9-5-7-11-21(18)22/h4-11H,3,12-15H2,1-2H3/q+1. The monoisotopic (exact) mass is 302 g/mol. The number of hydrogen-bond donors (Lipinski definition) is 0. The van der Waals surface area contributed by atoms with Crippen molar-refractivity contribution in [2.75, 3.05) is 13.1 Å². The minimum Gasteiger partial charge on any atom is -0.233 e. The van der Waals surface area contributed by atoms with Crippen molar-refractivity contribution >= 4 is 11.3 Å². The van der Waals surface area contributed by atoms with Crippen LogP contribution in [0.2, 0.25) is 0 Å².